The third-order valence-electron chi connectivity index (χ3n) is 2.63. The Kier molecular flexibility index (Phi) is 4.31. The Labute approximate surface area is 84.8 Å². The molecule has 0 heterocycles. The maximum atomic E-state index is 10.9. The highest BCUT2D eigenvalue weighted by Crippen LogP contribution is 2.27. The first-order valence-corrected chi connectivity index (χ1v) is 4.98. The van der Waals surface area contributed by atoms with Gasteiger partial charge in [-0.1, -0.05) is 25.2 Å². The third-order valence-corrected chi connectivity index (χ3v) is 2.63. The van der Waals surface area contributed by atoms with E-state index < -0.39 is 12.3 Å². The molecule has 0 aromatic carbocycles. The van der Waals surface area contributed by atoms with Gasteiger partial charge in [-0.05, 0) is 12.8 Å². The van der Waals surface area contributed by atoms with Crippen molar-refractivity contribution in [3.05, 3.63) is 0 Å². The van der Waals surface area contributed by atoms with Crippen molar-refractivity contribution < 1.29 is 14.3 Å². The molecule has 1 atom stereocenters. The van der Waals surface area contributed by atoms with Crippen LogP contribution >= 0.6 is 0 Å². The molecule has 1 aliphatic carbocycles. The summed E-state index contributed by atoms with van der Waals surface area (Å²) in [7, 11) is 1.29. The van der Waals surface area contributed by atoms with Crippen LogP contribution in [-0.4, -0.2) is 19.4 Å². The van der Waals surface area contributed by atoms with Crippen molar-refractivity contribution in [1.29, 1.82) is 0 Å². The minimum Gasteiger partial charge on any atom is -0.438 e. The standard InChI is InChI=1S/C11H16O3/c1-3-10(14-11(12)13-2)9-7-5-4-6-8-9/h1,9-10H,4-8H2,2H3. The monoisotopic (exact) mass is 196 g/mol. The van der Waals surface area contributed by atoms with Gasteiger partial charge in [0.05, 0.1) is 7.11 Å². The van der Waals surface area contributed by atoms with E-state index in [1.807, 2.05) is 0 Å². The van der Waals surface area contributed by atoms with E-state index in [0.29, 0.717) is 5.92 Å². The van der Waals surface area contributed by atoms with Crippen molar-refractivity contribution in [3.8, 4) is 12.3 Å². The molecular formula is C11H16O3. The van der Waals surface area contributed by atoms with Gasteiger partial charge in [0.15, 0.2) is 6.10 Å². The van der Waals surface area contributed by atoms with Gasteiger partial charge >= 0.3 is 6.16 Å². The average molecular weight is 196 g/mol. The number of rotatable bonds is 2. The van der Waals surface area contributed by atoms with Gasteiger partial charge < -0.3 is 9.47 Å². The van der Waals surface area contributed by atoms with Crippen molar-refractivity contribution in [2.75, 3.05) is 7.11 Å². The van der Waals surface area contributed by atoms with Crippen LogP contribution in [0.5, 0.6) is 0 Å². The van der Waals surface area contributed by atoms with Crippen molar-refractivity contribution in [3.63, 3.8) is 0 Å². The predicted octanol–water partition coefficient (Wildman–Crippen LogP) is 2.35. The van der Waals surface area contributed by atoms with Crippen LogP contribution in [-0.2, 0) is 9.47 Å². The summed E-state index contributed by atoms with van der Waals surface area (Å²) in [6.45, 7) is 0. The Morgan fingerprint density at radius 3 is 2.57 bits per heavy atom. The summed E-state index contributed by atoms with van der Waals surface area (Å²) < 4.78 is 9.41. The summed E-state index contributed by atoms with van der Waals surface area (Å²) in [5.41, 5.74) is 0. The molecule has 14 heavy (non-hydrogen) atoms. The number of carbonyl (C=O) groups is 1. The molecule has 78 valence electrons. The molecule has 1 unspecified atom stereocenters. The van der Waals surface area contributed by atoms with E-state index in [4.69, 9.17) is 11.2 Å². The first-order valence-electron chi connectivity index (χ1n) is 4.98. The van der Waals surface area contributed by atoms with Crippen molar-refractivity contribution >= 4 is 6.16 Å². The molecule has 0 aliphatic heterocycles. The summed E-state index contributed by atoms with van der Waals surface area (Å²) in [5, 5.41) is 0. The lowest BCUT2D eigenvalue weighted by Crippen LogP contribution is -2.27. The number of methoxy groups -OCH3 is 1. The second kappa shape index (κ2) is 5.54. The van der Waals surface area contributed by atoms with E-state index in [1.54, 1.807) is 0 Å². The van der Waals surface area contributed by atoms with E-state index in [9.17, 15) is 4.79 Å². The molecule has 0 N–H and O–H groups in total. The molecule has 1 rings (SSSR count). The number of hydrogen-bond acceptors (Lipinski definition) is 3. The molecule has 1 fully saturated rings. The number of carbonyl (C=O) groups excluding carboxylic acids is 1. The quantitative estimate of drug-likeness (QED) is 0.502. The summed E-state index contributed by atoms with van der Waals surface area (Å²) in [4.78, 5) is 10.9. The van der Waals surface area contributed by atoms with E-state index >= 15 is 0 Å². The third kappa shape index (κ3) is 2.95. The Morgan fingerprint density at radius 1 is 1.43 bits per heavy atom. The van der Waals surface area contributed by atoms with Gasteiger partial charge in [0.1, 0.15) is 0 Å². The van der Waals surface area contributed by atoms with Gasteiger partial charge in [0, 0.05) is 5.92 Å². The average Bonchev–Trinajstić information content (AvgIpc) is 2.26. The minimum atomic E-state index is -0.682. The fourth-order valence-corrected chi connectivity index (χ4v) is 1.86. The highest BCUT2D eigenvalue weighted by atomic mass is 16.7. The van der Waals surface area contributed by atoms with Crippen LogP contribution in [0, 0.1) is 18.3 Å². The zero-order valence-electron chi connectivity index (χ0n) is 8.49. The van der Waals surface area contributed by atoms with Crippen LogP contribution in [0.3, 0.4) is 0 Å². The predicted molar refractivity (Wildman–Crippen MR) is 52.7 cm³/mol. The molecule has 0 bridgehead atoms. The molecule has 0 spiro atoms. The molecule has 1 aliphatic rings. The van der Waals surface area contributed by atoms with Gasteiger partial charge in [-0.25, -0.2) is 4.79 Å². The van der Waals surface area contributed by atoms with E-state index in [1.165, 1.54) is 26.4 Å². The zero-order valence-corrected chi connectivity index (χ0v) is 8.49. The highest BCUT2D eigenvalue weighted by molar-refractivity contribution is 5.60. The van der Waals surface area contributed by atoms with E-state index in [2.05, 4.69) is 10.7 Å². The maximum Gasteiger partial charge on any atom is 0.509 e. The Hall–Kier alpha value is -1.17. The fraction of sp³-hybridized carbons (Fsp3) is 0.727. The number of ether oxygens (including phenoxy) is 2. The largest absolute Gasteiger partial charge is 0.509 e. The Bertz CT molecular complexity index is 223. The van der Waals surface area contributed by atoms with Crippen LogP contribution in [0.1, 0.15) is 32.1 Å². The summed E-state index contributed by atoms with van der Waals surface area (Å²) in [6.07, 6.45) is 9.93. The van der Waals surface area contributed by atoms with E-state index in [-0.39, 0.29) is 0 Å². The van der Waals surface area contributed by atoms with Crippen LogP contribution in [0.2, 0.25) is 0 Å². The molecule has 0 aromatic heterocycles. The lowest BCUT2D eigenvalue weighted by molar-refractivity contribution is 0.0291. The molecule has 0 aromatic rings. The second-order valence-electron chi connectivity index (χ2n) is 3.56. The zero-order chi connectivity index (χ0) is 10.4. The molecule has 0 amide bonds. The van der Waals surface area contributed by atoms with Gasteiger partial charge in [-0.2, -0.15) is 0 Å². The smallest absolute Gasteiger partial charge is 0.438 e. The lowest BCUT2D eigenvalue weighted by atomic mass is 9.85. The Balaban J connectivity index is 2.44. The molecule has 3 nitrogen and oxygen atoms in total. The molecule has 0 saturated heterocycles. The molecule has 1 saturated carbocycles. The van der Waals surface area contributed by atoms with Crippen LogP contribution in [0.15, 0.2) is 0 Å². The van der Waals surface area contributed by atoms with Crippen molar-refractivity contribution in [2.45, 2.75) is 38.2 Å². The fourth-order valence-electron chi connectivity index (χ4n) is 1.86. The number of terminal acetylenes is 1. The van der Waals surface area contributed by atoms with Gasteiger partial charge in [0.2, 0.25) is 0 Å². The number of hydrogen-bond donors (Lipinski definition) is 0. The lowest BCUT2D eigenvalue weighted by Gasteiger charge is -2.25. The van der Waals surface area contributed by atoms with Crippen LogP contribution < -0.4 is 0 Å². The van der Waals surface area contributed by atoms with Gasteiger partial charge in [-0.3, -0.25) is 0 Å². The molecule has 0 radical (unpaired) electrons. The minimum absolute atomic E-state index is 0.313. The molecular weight excluding hydrogens is 180 g/mol. The first-order chi connectivity index (χ1) is 6.77. The second-order valence-corrected chi connectivity index (χ2v) is 3.56. The summed E-state index contributed by atoms with van der Waals surface area (Å²) in [6, 6.07) is 0. The Morgan fingerprint density at radius 2 is 2.07 bits per heavy atom. The highest BCUT2D eigenvalue weighted by Gasteiger charge is 2.25. The van der Waals surface area contributed by atoms with E-state index in [0.717, 1.165) is 12.8 Å². The normalized spacial score (nSPS) is 19.4. The maximum absolute atomic E-state index is 10.9. The van der Waals surface area contributed by atoms with Crippen LogP contribution in [0.4, 0.5) is 4.79 Å². The van der Waals surface area contributed by atoms with Gasteiger partial charge in [0.25, 0.3) is 0 Å². The SMILES string of the molecule is C#CC(OC(=O)OC)C1CCCCC1. The van der Waals surface area contributed by atoms with Crippen molar-refractivity contribution in [2.24, 2.45) is 5.92 Å². The van der Waals surface area contributed by atoms with Crippen LogP contribution in [0.25, 0.3) is 0 Å². The van der Waals surface area contributed by atoms with Gasteiger partial charge in [-0.15, -0.1) is 6.42 Å². The first kappa shape index (κ1) is 10.9. The van der Waals surface area contributed by atoms with Crippen molar-refractivity contribution in [1.82, 2.24) is 0 Å². The summed E-state index contributed by atoms with van der Waals surface area (Å²) >= 11 is 0. The molecule has 3 heteroatoms. The topological polar surface area (TPSA) is 35.5 Å². The summed E-state index contributed by atoms with van der Waals surface area (Å²) in [5.74, 6) is 2.83.